The van der Waals surface area contributed by atoms with Crippen molar-refractivity contribution in [3.8, 4) is 0 Å². The van der Waals surface area contributed by atoms with Crippen LogP contribution >= 0.6 is 0 Å². The number of unbranched alkanes of at least 4 members (excludes halogenated alkanes) is 6. The molecule has 0 atom stereocenters. The van der Waals surface area contributed by atoms with Gasteiger partial charge < -0.3 is 0 Å². The lowest BCUT2D eigenvalue weighted by Crippen LogP contribution is -2.42. The van der Waals surface area contributed by atoms with E-state index in [0.29, 0.717) is 13.4 Å². The van der Waals surface area contributed by atoms with Gasteiger partial charge >= 0.3 is 0 Å². The number of aromatic nitrogens is 2. The predicted octanol–water partition coefficient (Wildman–Crippen LogP) is 7.75. The molecular weight excluding hydrogens is 506 g/mol. The molecule has 0 saturated carbocycles. The van der Waals surface area contributed by atoms with Crippen LogP contribution in [0.5, 0.6) is 0 Å². The molecule has 4 aromatic carbocycles. The van der Waals surface area contributed by atoms with Crippen molar-refractivity contribution < 1.29 is 0 Å². The third kappa shape index (κ3) is 6.09. The summed E-state index contributed by atoms with van der Waals surface area (Å²) in [4.78, 5) is 8.61. The van der Waals surface area contributed by atoms with E-state index in [2.05, 4.69) is 96.6 Å². The van der Waals surface area contributed by atoms with Gasteiger partial charge in [0, 0.05) is 24.8 Å². The van der Waals surface area contributed by atoms with Gasteiger partial charge in [-0.25, -0.2) is 0 Å². The Bertz CT molecular complexity index is 1520. The zero-order valence-corrected chi connectivity index (χ0v) is 25.4. The molecule has 2 nitrogen and oxygen atoms in total. The van der Waals surface area contributed by atoms with E-state index in [1.807, 2.05) is 24.8 Å². The maximum Gasteiger partial charge on any atom is 0.209 e. The molecule has 0 aliphatic carbocycles. The lowest BCUT2D eigenvalue weighted by atomic mass is 9.38. The van der Waals surface area contributed by atoms with E-state index >= 15 is 0 Å². The normalized spacial score (nSPS) is 11.6. The second-order valence-electron chi connectivity index (χ2n) is 12.2. The highest BCUT2D eigenvalue weighted by atomic mass is 14.6. The SMILES string of the molecule is CCCCCCB(c1ccncc1)c1cc2ccc3cc(B(CCCCCC)c4ccncc4)cc4ccc(c1)c2c34. The molecule has 0 saturated heterocycles. The zero-order chi connectivity index (χ0) is 28.7. The second-order valence-corrected chi connectivity index (χ2v) is 12.2. The number of pyridine rings is 2. The van der Waals surface area contributed by atoms with E-state index in [4.69, 9.17) is 0 Å². The molecule has 0 bridgehead atoms. The van der Waals surface area contributed by atoms with Crippen LogP contribution in [0.1, 0.15) is 65.2 Å². The lowest BCUT2D eigenvalue weighted by molar-refractivity contribution is 0.700. The Balaban J connectivity index is 1.40. The molecule has 0 amide bonds. The highest BCUT2D eigenvalue weighted by Gasteiger charge is 2.23. The van der Waals surface area contributed by atoms with Crippen LogP contribution in [0.4, 0.5) is 0 Å². The second kappa shape index (κ2) is 13.6. The fourth-order valence-corrected chi connectivity index (χ4v) is 7.08. The zero-order valence-electron chi connectivity index (χ0n) is 25.4. The summed E-state index contributed by atoms with van der Waals surface area (Å²) in [6.45, 7) is 5.36. The summed E-state index contributed by atoms with van der Waals surface area (Å²) in [5.41, 5.74) is 5.60. The molecule has 4 heteroatoms. The van der Waals surface area contributed by atoms with Crippen LogP contribution < -0.4 is 21.9 Å². The van der Waals surface area contributed by atoms with Crippen molar-refractivity contribution in [1.29, 1.82) is 0 Å². The molecule has 0 fully saturated rings. The predicted molar refractivity (Wildman–Crippen MR) is 187 cm³/mol. The van der Waals surface area contributed by atoms with Gasteiger partial charge in [0.1, 0.15) is 0 Å². The summed E-state index contributed by atoms with van der Waals surface area (Å²) in [6.07, 6.45) is 20.4. The number of nitrogens with zero attached hydrogens (tertiary/aromatic N) is 2. The molecule has 2 aromatic heterocycles. The van der Waals surface area contributed by atoms with Crippen LogP contribution in [0.25, 0.3) is 32.3 Å². The number of hydrogen-bond donors (Lipinski definition) is 0. The van der Waals surface area contributed by atoms with E-state index in [0.717, 1.165) is 0 Å². The van der Waals surface area contributed by atoms with Gasteiger partial charge in [-0.15, -0.1) is 0 Å². The minimum atomic E-state index is 0.396. The van der Waals surface area contributed by atoms with Crippen LogP contribution in [0.3, 0.4) is 0 Å². The van der Waals surface area contributed by atoms with Crippen molar-refractivity contribution in [3.63, 3.8) is 0 Å². The third-order valence-corrected chi connectivity index (χ3v) is 9.29. The Morgan fingerprint density at radius 2 is 0.786 bits per heavy atom. The minimum absolute atomic E-state index is 0.396. The van der Waals surface area contributed by atoms with Crippen LogP contribution in [0, 0.1) is 0 Å². The van der Waals surface area contributed by atoms with Gasteiger partial charge in [-0.3, -0.25) is 9.97 Å². The van der Waals surface area contributed by atoms with Gasteiger partial charge in [0.2, 0.25) is 13.4 Å². The van der Waals surface area contributed by atoms with Crippen LogP contribution in [0.2, 0.25) is 12.6 Å². The molecule has 0 unspecified atom stereocenters. The first-order valence-electron chi connectivity index (χ1n) is 16.3. The van der Waals surface area contributed by atoms with E-state index in [1.54, 1.807) is 0 Å². The van der Waals surface area contributed by atoms with Crippen LogP contribution in [-0.2, 0) is 0 Å². The van der Waals surface area contributed by atoms with Crippen LogP contribution in [-0.4, -0.2) is 23.4 Å². The topological polar surface area (TPSA) is 25.8 Å². The largest absolute Gasteiger partial charge is 0.265 e. The molecule has 2 heterocycles. The quantitative estimate of drug-likeness (QED) is 0.0791. The molecule has 6 rings (SSSR count). The Kier molecular flexibility index (Phi) is 9.18. The Hall–Kier alpha value is -3.65. The van der Waals surface area contributed by atoms with Crippen molar-refractivity contribution in [1.82, 2.24) is 9.97 Å². The van der Waals surface area contributed by atoms with Crippen molar-refractivity contribution in [2.45, 2.75) is 77.9 Å². The highest BCUT2D eigenvalue weighted by molar-refractivity contribution is 6.86. The summed E-state index contributed by atoms with van der Waals surface area (Å²) in [6, 6.07) is 28.1. The number of hydrogen-bond acceptors (Lipinski definition) is 2. The molecule has 0 spiro atoms. The molecule has 0 aliphatic heterocycles. The van der Waals surface area contributed by atoms with Gasteiger partial charge in [-0.2, -0.15) is 0 Å². The number of benzene rings is 4. The Morgan fingerprint density at radius 1 is 0.429 bits per heavy atom. The summed E-state index contributed by atoms with van der Waals surface area (Å²) >= 11 is 0. The molecule has 6 aromatic rings. The first-order valence-corrected chi connectivity index (χ1v) is 16.3. The van der Waals surface area contributed by atoms with Crippen molar-refractivity contribution in [3.05, 3.63) is 97.6 Å². The Morgan fingerprint density at radius 3 is 1.12 bits per heavy atom. The molecular formula is C38H42B2N2. The highest BCUT2D eigenvalue weighted by Crippen LogP contribution is 2.34. The van der Waals surface area contributed by atoms with Gasteiger partial charge in [-0.1, -0.05) is 148 Å². The van der Waals surface area contributed by atoms with Crippen molar-refractivity contribution in [2.24, 2.45) is 0 Å². The molecule has 0 radical (unpaired) electrons. The first kappa shape index (κ1) is 28.5. The third-order valence-electron chi connectivity index (χ3n) is 9.29. The summed E-state index contributed by atoms with van der Waals surface area (Å²) in [5, 5.41) is 8.22. The monoisotopic (exact) mass is 548 g/mol. The maximum atomic E-state index is 4.31. The summed E-state index contributed by atoms with van der Waals surface area (Å²) in [5.74, 6) is 0. The Labute approximate surface area is 252 Å². The van der Waals surface area contributed by atoms with E-state index < -0.39 is 0 Å². The van der Waals surface area contributed by atoms with Gasteiger partial charge in [0.05, 0.1) is 0 Å². The molecule has 0 N–H and O–H groups in total. The number of rotatable bonds is 14. The van der Waals surface area contributed by atoms with Gasteiger partial charge in [0.15, 0.2) is 0 Å². The van der Waals surface area contributed by atoms with Crippen molar-refractivity contribution in [2.75, 3.05) is 0 Å². The average molecular weight is 548 g/mol. The smallest absolute Gasteiger partial charge is 0.209 e. The van der Waals surface area contributed by atoms with E-state index in [-0.39, 0.29) is 0 Å². The van der Waals surface area contributed by atoms with E-state index in [1.165, 1.54) is 118 Å². The van der Waals surface area contributed by atoms with E-state index in [9.17, 15) is 0 Å². The molecule has 210 valence electrons. The lowest BCUT2D eigenvalue weighted by Gasteiger charge is -2.20. The van der Waals surface area contributed by atoms with Crippen LogP contribution in [0.15, 0.2) is 97.6 Å². The fourth-order valence-electron chi connectivity index (χ4n) is 7.08. The first-order chi connectivity index (χ1) is 20.8. The summed E-state index contributed by atoms with van der Waals surface area (Å²) in [7, 11) is 0. The fraction of sp³-hybridized carbons (Fsp3) is 0.316. The molecule has 0 aliphatic rings. The van der Waals surface area contributed by atoms with Crippen molar-refractivity contribution >= 4 is 67.6 Å². The minimum Gasteiger partial charge on any atom is -0.265 e. The standard InChI is InChI=1S/C38H42B2N2/c1-3-5-7-9-19-39(33-15-21-41-22-16-33)35-25-29-11-13-31-27-36(28-32-14-12-30(26-35)37(29)38(31)32)40(20-10-8-6-4-2)34-17-23-42-24-18-34/h11-18,21-28H,3-10,19-20H2,1-2H3. The summed E-state index contributed by atoms with van der Waals surface area (Å²) < 4.78 is 0. The average Bonchev–Trinajstić information content (AvgIpc) is 3.04. The maximum absolute atomic E-state index is 4.31. The van der Waals surface area contributed by atoms with Gasteiger partial charge in [-0.05, 0) is 56.6 Å². The van der Waals surface area contributed by atoms with Gasteiger partial charge in [0.25, 0.3) is 0 Å². The molecule has 42 heavy (non-hydrogen) atoms.